The third-order valence-corrected chi connectivity index (χ3v) is 4.40. The molecule has 0 aliphatic rings. The van der Waals surface area contributed by atoms with Crippen LogP contribution in [0.3, 0.4) is 0 Å². The summed E-state index contributed by atoms with van der Waals surface area (Å²) in [6.45, 7) is 9.57. The lowest BCUT2D eigenvalue weighted by atomic mass is 9.97. The zero-order valence-corrected chi connectivity index (χ0v) is 10.6. The lowest BCUT2D eigenvalue weighted by Crippen LogP contribution is -2.12. The van der Waals surface area contributed by atoms with E-state index < -0.39 is 0 Å². The number of hydrogen-bond acceptors (Lipinski definition) is 1. The molecule has 1 N–H and O–H groups in total. The average molecular weight is 204 g/mol. The highest BCUT2D eigenvalue weighted by Crippen LogP contribution is 2.33. The Hall–Kier alpha value is 0.390. The molecule has 0 aliphatic carbocycles. The Labute approximate surface area is 85.1 Å². The third-order valence-electron chi connectivity index (χ3n) is 2.80. The van der Waals surface area contributed by atoms with Gasteiger partial charge in [-0.25, -0.2) is 0 Å². The zero-order chi connectivity index (χ0) is 10.3. The first-order valence-electron chi connectivity index (χ1n) is 5.31. The lowest BCUT2D eigenvalue weighted by Gasteiger charge is -2.23. The first-order chi connectivity index (χ1) is 6.02. The van der Waals surface area contributed by atoms with Crippen LogP contribution in [0.15, 0.2) is 0 Å². The number of hydrogen-bond donors (Lipinski definition) is 1. The lowest BCUT2D eigenvalue weighted by molar-refractivity contribution is 0.256. The van der Waals surface area contributed by atoms with Gasteiger partial charge in [-0.15, -0.1) is 8.58 Å². The quantitative estimate of drug-likeness (QED) is 0.631. The minimum absolute atomic E-state index is 0.347. The highest BCUT2D eigenvalue weighted by Gasteiger charge is 2.14. The summed E-state index contributed by atoms with van der Waals surface area (Å²) >= 11 is 0. The van der Waals surface area contributed by atoms with Crippen LogP contribution in [0.2, 0.25) is 0 Å². The largest absolute Gasteiger partial charge is 0.396 e. The second-order valence-corrected chi connectivity index (χ2v) is 6.50. The van der Waals surface area contributed by atoms with E-state index in [9.17, 15) is 0 Å². The van der Waals surface area contributed by atoms with E-state index in [1.165, 1.54) is 19.3 Å². The molecule has 80 valence electrons. The Morgan fingerprint density at radius 1 is 1.31 bits per heavy atom. The normalized spacial score (nSPS) is 15.5. The van der Waals surface area contributed by atoms with E-state index in [0.717, 1.165) is 15.0 Å². The summed E-state index contributed by atoms with van der Waals surface area (Å²) in [5.41, 5.74) is 0. The highest BCUT2D eigenvalue weighted by atomic mass is 31.1. The SMILES string of the molecule is CPC(C)(C)CCCC(C)CCO. The van der Waals surface area contributed by atoms with Gasteiger partial charge in [-0.2, -0.15) is 0 Å². The van der Waals surface area contributed by atoms with Crippen LogP contribution in [-0.2, 0) is 0 Å². The monoisotopic (exact) mass is 204 g/mol. The molecule has 0 saturated carbocycles. The van der Waals surface area contributed by atoms with Crippen molar-refractivity contribution < 1.29 is 5.11 Å². The molecule has 2 unspecified atom stereocenters. The molecule has 0 heterocycles. The molecular formula is C11H25OP. The highest BCUT2D eigenvalue weighted by molar-refractivity contribution is 7.38. The van der Waals surface area contributed by atoms with Crippen LogP contribution in [0.4, 0.5) is 0 Å². The van der Waals surface area contributed by atoms with Gasteiger partial charge in [0.2, 0.25) is 0 Å². The van der Waals surface area contributed by atoms with Gasteiger partial charge in [0.15, 0.2) is 0 Å². The van der Waals surface area contributed by atoms with Crippen molar-refractivity contribution in [3.63, 3.8) is 0 Å². The van der Waals surface area contributed by atoms with Crippen LogP contribution in [0.5, 0.6) is 0 Å². The number of aliphatic hydroxyl groups excluding tert-OH is 1. The maximum Gasteiger partial charge on any atom is 0.0433 e. The van der Waals surface area contributed by atoms with Gasteiger partial charge in [-0.05, 0) is 30.6 Å². The molecule has 0 aromatic heterocycles. The maximum atomic E-state index is 8.74. The van der Waals surface area contributed by atoms with E-state index in [2.05, 4.69) is 27.4 Å². The third kappa shape index (κ3) is 7.46. The molecule has 0 bridgehead atoms. The van der Waals surface area contributed by atoms with Crippen LogP contribution in [0.25, 0.3) is 0 Å². The van der Waals surface area contributed by atoms with Crippen molar-refractivity contribution in [2.75, 3.05) is 13.3 Å². The van der Waals surface area contributed by atoms with Gasteiger partial charge < -0.3 is 5.11 Å². The van der Waals surface area contributed by atoms with Crippen molar-refractivity contribution in [2.45, 2.75) is 51.6 Å². The summed E-state index contributed by atoms with van der Waals surface area (Å²) in [6.07, 6.45) is 4.88. The molecule has 0 fully saturated rings. The van der Waals surface area contributed by atoms with Crippen molar-refractivity contribution in [1.82, 2.24) is 0 Å². The Morgan fingerprint density at radius 3 is 2.38 bits per heavy atom. The summed E-state index contributed by atoms with van der Waals surface area (Å²) < 4.78 is 0. The molecule has 0 aliphatic heterocycles. The molecule has 2 heteroatoms. The van der Waals surface area contributed by atoms with Crippen LogP contribution in [0, 0.1) is 5.92 Å². The number of aliphatic hydroxyl groups is 1. The van der Waals surface area contributed by atoms with Gasteiger partial charge in [0, 0.05) is 6.61 Å². The fraction of sp³-hybridized carbons (Fsp3) is 1.00. The van der Waals surface area contributed by atoms with Crippen molar-refractivity contribution in [3.8, 4) is 0 Å². The Kier molecular flexibility index (Phi) is 6.99. The van der Waals surface area contributed by atoms with E-state index in [0.29, 0.717) is 17.7 Å². The molecule has 0 aromatic carbocycles. The zero-order valence-electron chi connectivity index (χ0n) is 9.56. The molecule has 0 saturated heterocycles. The Morgan fingerprint density at radius 2 is 1.92 bits per heavy atom. The molecule has 13 heavy (non-hydrogen) atoms. The fourth-order valence-electron chi connectivity index (χ4n) is 1.38. The van der Waals surface area contributed by atoms with Gasteiger partial charge in [-0.3, -0.25) is 0 Å². The van der Waals surface area contributed by atoms with Gasteiger partial charge in [-0.1, -0.05) is 33.6 Å². The van der Waals surface area contributed by atoms with Crippen LogP contribution < -0.4 is 0 Å². The predicted octanol–water partition coefficient (Wildman–Crippen LogP) is 3.26. The van der Waals surface area contributed by atoms with E-state index in [4.69, 9.17) is 5.11 Å². The van der Waals surface area contributed by atoms with Crippen molar-refractivity contribution in [3.05, 3.63) is 0 Å². The Balaban J connectivity index is 3.44. The Bertz CT molecular complexity index is 123. The van der Waals surface area contributed by atoms with E-state index in [-0.39, 0.29) is 0 Å². The van der Waals surface area contributed by atoms with Gasteiger partial charge in [0.1, 0.15) is 0 Å². The van der Waals surface area contributed by atoms with Gasteiger partial charge >= 0.3 is 0 Å². The molecule has 1 nitrogen and oxygen atoms in total. The van der Waals surface area contributed by atoms with E-state index in [1.807, 2.05) is 0 Å². The molecule has 0 radical (unpaired) electrons. The molecular weight excluding hydrogens is 179 g/mol. The smallest absolute Gasteiger partial charge is 0.0433 e. The summed E-state index contributed by atoms with van der Waals surface area (Å²) in [5, 5.41) is 9.28. The molecule has 2 atom stereocenters. The second kappa shape index (κ2) is 6.79. The predicted molar refractivity (Wildman–Crippen MR) is 63.0 cm³/mol. The second-order valence-electron chi connectivity index (χ2n) is 4.64. The van der Waals surface area contributed by atoms with Crippen molar-refractivity contribution >= 4 is 8.58 Å². The fourth-order valence-corrected chi connectivity index (χ4v) is 1.81. The first-order valence-corrected chi connectivity index (χ1v) is 6.81. The molecule has 0 spiro atoms. The summed E-state index contributed by atoms with van der Waals surface area (Å²) in [7, 11) is 1.04. The van der Waals surface area contributed by atoms with E-state index in [1.54, 1.807) is 0 Å². The van der Waals surface area contributed by atoms with Gasteiger partial charge in [0.05, 0.1) is 0 Å². The van der Waals surface area contributed by atoms with Crippen molar-refractivity contribution in [2.24, 2.45) is 5.92 Å². The van der Waals surface area contributed by atoms with Crippen LogP contribution in [-0.4, -0.2) is 23.5 Å². The maximum absolute atomic E-state index is 8.74. The average Bonchev–Trinajstić information content (AvgIpc) is 2.05. The summed E-state index contributed by atoms with van der Waals surface area (Å²) in [4.78, 5) is 0. The summed E-state index contributed by atoms with van der Waals surface area (Å²) in [5.74, 6) is 0.695. The topological polar surface area (TPSA) is 20.2 Å². The molecule has 0 rings (SSSR count). The molecule has 0 amide bonds. The first kappa shape index (κ1) is 13.4. The van der Waals surface area contributed by atoms with E-state index >= 15 is 0 Å². The minimum atomic E-state index is 0.347. The minimum Gasteiger partial charge on any atom is -0.396 e. The standard InChI is InChI=1S/C11H25OP/c1-10(7-9-12)6-5-8-11(2,3)13-4/h10,12-13H,5-9H2,1-4H3. The van der Waals surface area contributed by atoms with Gasteiger partial charge in [0.25, 0.3) is 0 Å². The molecule has 0 aromatic rings. The number of rotatable bonds is 7. The summed E-state index contributed by atoms with van der Waals surface area (Å²) in [6, 6.07) is 0. The van der Waals surface area contributed by atoms with Crippen molar-refractivity contribution in [1.29, 1.82) is 0 Å². The van der Waals surface area contributed by atoms with Crippen LogP contribution in [0.1, 0.15) is 46.5 Å². The van der Waals surface area contributed by atoms with Crippen LogP contribution >= 0.6 is 8.58 Å².